The zero-order valence-electron chi connectivity index (χ0n) is 16.9. The van der Waals surface area contributed by atoms with Crippen LogP contribution in [0.2, 0.25) is 5.02 Å². The quantitative estimate of drug-likeness (QED) is 0.604. The fourth-order valence-electron chi connectivity index (χ4n) is 4.48. The van der Waals surface area contributed by atoms with Crippen molar-refractivity contribution in [3.05, 3.63) is 65.2 Å². The Balaban J connectivity index is 0.00000150. The van der Waals surface area contributed by atoms with Crippen molar-refractivity contribution in [2.45, 2.75) is 44.4 Å². The van der Waals surface area contributed by atoms with Crippen molar-refractivity contribution >= 4 is 42.1 Å². The first kappa shape index (κ1) is 24.3. The summed E-state index contributed by atoms with van der Waals surface area (Å²) in [6, 6.07) is 20.2. The van der Waals surface area contributed by atoms with E-state index in [4.69, 9.17) is 16.3 Å². The topological polar surface area (TPSA) is 15.7 Å². The van der Waals surface area contributed by atoms with Gasteiger partial charge in [0.2, 0.25) is 0 Å². The van der Waals surface area contributed by atoms with Crippen LogP contribution in [0.15, 0.2) is 54.6 Å². The van der Waals surface area contributed by atoms with Gasteiger partial charge in [0.05, 0.1) is 12.7 Å². The number of nitrogens with zero attached hydrogens (tertiary/aromatic N) is 2. The standard InChI is InChI=1S/C23H29ClN2O.2ClH/c1-18-16-26(23(17-27-18)15-19-7-9-20(24)10-8-19)22-11-13-25(14-12-22)21-5-3-2-4-6-21;;/h2-10,18,22-23H,11-17H2,1H3;2*1H/t18-,23-;;/m0../s1. The highest BCUT2D eigenvalue weighted by Gasteiger charge is 2.34. The number of para-hydroxylation sites is 1. The van der Waals surface area contributed by atoms with E-state index in [9.17, 15) is 0 Å². The monoisotopic (exact) mass is 456 g/mol. The summed E-state index contributed by atoms with van der Waals surface area (Å²) in [5.74, 6) is 0. The molecule has 2 aliphatic rings. The van der Waals surface area contributed by atoms with Gasteiger partial charge in [-0.3, -0.25) is 4.90 Å². The highest BCUT2D eigenvalue weighted by Crippen LogP contribution is 2.27. The Morgan fingerprint density at radius 3 is 2.28 bits per heavy atom. The molecule has 0 saturated carbocycles. The Hall–Kier alpha value is -0.970. The molecule has 0 aromatic heterocycles. The summed E-state index contributed by atoms with van der Waals surface area (Å²) in [4.78, 5) is 5.25. The Morgan fingerprint density at radius 1 is 0.966 bits per heavy atom. The minimum Gasteiger partial charge on any atom is -0.376 e. The van der Waals surface area contributed by atoms with Crippen LogP contribution in [0.4, 0.5) is 5.69 Å². The molecule has 2 aromatic carbocycles. The van der Waals surface area contributed by atoms with Crippen molar-refractivity contribution in [2.24, 2.45) is 0 Å². The summed E-state index contributed by atoms with van der Waals surface area (Å²) in [7, 11) is 0. The minimum absolute atomic E-state index is 0. The number of piperidine rings is 1. The predicted octanol–water partition coefficient (Wildman–Crippen LogP) is 5.48. The van der Waals surface area contributed by atoms with E-state index in [1.165, 1.54) is 24.1 Å². The van der Waals surface area contributed by atoms with E-state index in [2.05, 4.69) is 59.2 Å². The summed E-state index contributed by atoms with van der Waals surface area (Å²) >= 11 is 6.05. The molecule has 0 bridgehead atoms. The summed E-state index contributed by atoms with van der Waals surface area (Å²) in [6.45, 7) is 6.32. The Bertz CT molecular complexity index is 721. The second-order valence-electron chi connectivity index (χ2n) is 7.88. The third-order valence-electron chi connectivity index (χ3n) is 5.95. The average Bonchev–Trinajstić information content (AvgIpc) is 2.72. The van der Waals surface area contributed by atoms with Gasteiger partial charge >= 0.3 is 0 Å². The molecule has 160 valence electrons. The molecule has 2 aromatic rings. The molecule has 2 saturated heterocycles. The first-order valence-corrected chi connectivity index (χ1v) is 10.5. The van der Waals surface area contributed by atoms with E-state index in [-0.39, 0.29) is 24.8 Å². The maximum absolute atomic E-state index is 6.05. The summed E-state index contributed by atoms with van der Waals surface area (Å²) in [6.07, 6.45) is 3.79. The molecule has 0 unspecified atom stereocenters. The van der Waals surface area contributed by atoms with Crippen LogP contribution in [0.25, 0.3) is 0 Å². The van der Waals surface area contributed by atoms with Crippen LogP contribution >= 0.6 is 36.4 Å². The highest BCUT2D eigenvalue weighted by molar-refractivity contribution is 6.30. The van der Waals surface area contributed by atoms with Crippen LogP contribution < -0.4 is 4.90 Å². The van der Waals surface area contributed by atoms with Crippen LogP contribution in [0.3, 0.4) is 0 Å². The van der Waals surface area contributed by atoms with E-state index in [1.807, 2.05) is 12.1 Å². The van der Waals surface area contributed by atoms with Crippen LogP contribution in [0, 0.1) is 0 Å². The smallest absolute Gasteiger partial charge is 0.0674 e. The van der Waals surface area contributed by atoms with Gasteiger partial charge in [-0.05, 0) is 56.0 Å². The molecule has 0 spiro atoms. The molecular weight excluding hydrogens is 427 g/mol. The van der Waals surface area contributed by atoms with Gasteiger partial charge < -0.3 is 9.64 Å². The van der Waals surface area contributed by atoms with Crippen LogP contribution in [0.5, 0.6) is 0 Å². The number of benzene rings is 2. The second kappa shape index (κ2) is 11.4. The van der Waals surface area contributed by atoms with Gasteiger partial charge in [-0.1, -0.05) is 41.9 Å². The van der Waals surface area contributed by atoms with E-state index >= 15 is 0 Å². The fraction of sp³-hybridized carbons (Fsp3) is 0.478. The summed E-state index contributed by atoms with van der Waals surface area (Å²) < 4.78 is 6.02. The number of anilines is 1. The Morgan fingerprint density at radius 2 is 1.62 bits per heavy atom. The summed E-state index contributed by atoms with van der Waals surface area (Å²) in [5.41, 5.74) is 2.69. The molecule has 2 aliphatic heterocycles. The molecule has 0 amide bonds. The van der Waals surface area contributed by atoms with Gasteiger partial charge in [-0.2, -0.15) is 0 Å². The van der Waals surface area contributed by atoms with Crippen LogP contribution in [-0.2, 0) is 11.2 Å². The number of ether oxygens (including phenoxy) is 1. The highest BCUT2D eigenvalue weighted by atomic mass is 35.5. The van der Waals surface area contributed by atoms with Crippen molar-refractivity contribution in [1.29, 1.82) is 0 Å². The normalized spacial score (nSPS) is 23.2. The van der Waals surface area contributed by atoms with Crippen LogP contribution in [0.1, 0.15) is 25.3 Å². The lowest BCUT2D eigenvalue weighted by atomic mass is 9.96. The van der Waals surface area contributed by atoms with Crippen molar-refractivity contribution in [2.75, 3.05) is 31.1 Å². The number of halogens is 3. The molecule has 2 heterocycles. The fourth-order valence-corrected chi connectivity index (χ4v) is 4.61. The Labute approximate surface area is 192 Å². The second-order valence-corrected chi connectivity index (χ2v) is 8.32. The van der Waals surface area contributed by atoms with Gasteiger partial charge in [0.1, 0.15) is 0 Å². The van der Waals surface area contributed by atoms with Gasteiger partial charge in [0.25, 0.3) is 0 Å². The summed E-state index contributed by atoms with van der Waals surface area (Å²) in [5, 5.41) is 0.803. The Kier molecular flexibility index (Phi) is 9.58. The molecule has 6 heteroatoms. The van der Waals surface area contributed by atoms with Crippen molar-refractivity contribution in [3.8, 4) is 0 Å². The zero-order valence-corrected chi connectivity index (χ0v) is 19.3. The number of rotatable bonds is 4. The number of morpholine rings is 1. The molecule has 2 fully saturated rings. The lowest BCUT2D eigenvalue weighted by molar-refractivity contribution is -0.0744. The van der Waals surface area contributed by atoms with E-state index < -0.39 is 0 Å². The van der Waals surface area contributed by atoms with Gasteiger partial charge in [-0.25, -0.2) is 0 Å². The molecular formula is C23H31Cl3N2O. The van der Waals surface area contributed by atoms with E-state index in [1.54, 1.807) is 0 Å². The molecule has 0 radical (unpaired) electrons. The van der Waals surface area contributed by atoms with Gasteiger partial charge in [-0.15, -0.1) is 24.8 Å². The molecule has 29 heavy (non-hydrogen) atoms. The third kappa shape index (κ3) is 6.26. The zero-order chi connectivity index (χ0) is 18.6. The van der Waals surface area contributed by atoms with Gasteiger partial charge in [0, 0.05) is 42.4 Å². The van der Waals surface area contributed by atoms with Crippen molar-refractivity contribution < 1.29 is 4.74 Å². The lowest BCUT2D eigenvalue weighted by Gasteiger charge is -2.46. The van der Waals surface area contributed by atoms with Crippen LogP contribution in [-0.4, -0.2) is 49.3 Å². The maximum Gasteiger partial charge on any atom is 0.0674 e. The van der Waals surface area contributed by atoms with Crippen molar-refractivity contribution in [1.82, 2.24) is 4.90 Å². The lowest BCUT2D eigenvalue weighted by Crippen LogP contribution is -2.56. The number of hydrogen-bond donors (Lipinski definition) is 0. The first-order chi connectivity index (χ1) is 13.2. The van der Waals surface area contributed by atoms with E-state index in [0.717, 1.165) is 37.7 Å². The maximum atomic E-state index is 6.05. The molecule has 0 aliphatic carbocycles. The first-order valence-electron chi connectivity index (χ1n) is 10.1. The number of hydrogen-bond acceptors (Lipinski definition) is 3. The largest absolute Gasteiger partial charge is 0.376 e. The third-order valence-corrected chi connectivity index (χ3v) is 6.20. The molecule has 0 N–H and O–H groups in total. The predicted molar refractivity (Wildman–Crippen MR) is 127 cm³/mol. The van der Waals surface area contributed by atoms with Gasteiger partial charge in [0.15, 0.2) is 0 Å². The molecule has 3 nitrogen and oxygen atoms in total. The van der Waals surface area contributed by atoms with Crippen molar-refractivity contribution in [3.63, 3.8) is 0 Å². The average molecular weight is 458 g/mol. The minimum atomic E-state index is 0. The molecule has 2 atom stereocenters. The SMILES string of the molecule is C[C@H]1CN(C2CCN(c3ccccc3)CC2)[C@@H](Cc2ccc(Cl)cc2)CO1.Cl.Cl. The molecule has 4 rings (SSSR count). The van der Waals surface area contributed by atoms with E-state index in [0.29, 0.717) is 18.2 Å².